The van der Waals surface area contributed by atoms with E-state index in [2.05, 4.69) is 20.8 Å². The van der Waals surface area contributed by atoms with Gasteiger partial charge in [0.1, 0.15) is 0 Å². The molecule has 0 aromatic heterocycles. The molecule has 0 amide bonds. The zero-order chi connectivity index (χ0) is 9.07. The van der Waals surface area contributed by atoms with Gasteiger partial charge in [0.15, 0.2) is 0 Å². The van der Waals surface area contributed by atoms with E-state index in [-0.39, 0.29) is 17.8 Å². The van der Waals surface area contributed by atoms with Crippen LogP contribution < -0.4 is 0 Å². The van der Waals surface area contributed by atoms with Crippen molar-refractivity contribution in [1.29, 1.82) is 0 Å². The molecule has 0 saturated heterocycles. The maximum absolute atomic E-state index is 10.3. The summed E-state index contributed by atoms with van der Waals surface area (Å²) < 4.78 is 0. The predicted molar refractivity (Wildman–Crippen MR) is 45.5 cm³/mol. The highest BCUT2D eigenvalue weighted by Crippen LogP contribution is 2.25. The van der Waals surface area contributed by atoms with E-state index in [1.165, 1.54) is 0 Å². The molecule has 0 fully saturated rings. The summed E-state index contributed by atoms with van der Waals surface area (Å²) in [6.07, 6.45) is 1.26. The van der Waals surface area contributed by atoms with Gasteiger partial charge in [0, 0.05) is 6.42 Å². The minimum atomic E-state index is -0.693. The molecule has 0 aromatic carbocycles. The smallest absolute Gasteiger partial charge is 0.303 e. The third-order valence-electron chi connectivity index (χ3n) is 1.48. The topological polar surface area (TPSA) is 37.3 Å². The lowest BCUT2D eigenvalue weighted by atomic mass is 9.84. The first-order valence-corrected chi connectivity index (χ1v) is 4.03. The van der Waals surface area contributed by atoms with E-state index < -0.39 is 5.97 Å². The highest BCUT2D eigenvalue weighted by Gasteiger charge is 2.16. The molecule has 0 unspecified atom stereocenters. The van der Waals surface area contributed by atoms with Gasteiger partial charge in [-0.1, -0.05) is 27.7 Å². The molecule has 0 radical (unpaired) electrons. The van der Waals surface area contributed by atoms with Gasteiger partial charge in [-0.2, -0.15) is 0 Å². The molecule has 0 rings (SSSR count). The average molecular weight is 158 g/mol. The van der Waals surface area contributed by atoms with E-state index in [1.807, 2.05) is 6.92 Å². The van der Waals surface area contributed by atoms with E-state index in [1.54, 1.807) is 0 Å². The molecule has 0 aromatic rings. The Morgan fingerprint density at radius 2 is 1.91 bits per heavy atom. The Hall–Kier alpha value is -0.530. The van der Waals surface area contributed by atoms with Gasteiger partial charge in [-0.15, -0.1) is 0 Å². The van der Waals surface area contributed by atoms with Crippen molar-refractivity contribution in [2.45, 2.75) is 40.5 Å². The van der Waals surface area contributed by atoms with Gasteiger partial charge in [0.2, 0.25) is 0 Å². The van der Waals surface area contributed by atoms with Gasteiger partial charge in [0.05, 0.1) is 0 Å². The molecule has 2 heteroatoms. The molecule has 0 spiro atoms. The van der Waals surface area contributed by atoms with Gasteiger partial charge in [-0.25, -0.2) is 0 Å². The molecule has 11 heavy (non-hydrogen) atoms. The standard InChI is InChI=1S/C9H18O2/c1-7(5-8(10)11)6-9(2,3)4/h7H,5-6H2,1-4H3,(H,10,11)/t7-/m0/s1. The van der Waals surface area contributed by atoms with Crippen LogP contribution in [0.1, 0.15) is 40.5 Å². The first-order chi connectivity index (χ1) is 4.81. The molecule has 0 heterocycles. The third kappa shape index (κ3) is 7.37. The van der Waals surface area contributed by atoms with E-state index in [0.717, 1.165) is 6.42 Å². The van der Waals surface area contributed by atoms with Crippen molar-refractivity contribution in [2.24, 2.45) is 11.3 Å². The summed E-state index contributed by atoms with van der Waals surface area (Å²) in [6, 6.07) is 0. The molecule has 0 aliphatic carbocycles. The van der Waals surface area contributed by atoms with Crippen LogP contribution in [0.25, 0.3) is 0 Å². The van der Waals surface area contributed by atoms with Crippen molar-refractivity contribution >= 4 is 5.97 Å². The number of rotatable bonds is 3. The van der Waals surface area contributed by atoms with Crippen LogP contribution in [0.4, 0.5) is 0 Å². The Kier molecular flexibility index (Phi) is 3.56. The van der Waals surface area contributed by atoms with E-state index >= 15 is 0 Å². The Balaban J connectivity index is 3.69. The van der Waals surface area contributed by atoms with Crippen LogP contribution in [-0.2, 0) is 4.79 Å². The van der Waals surface area contributed by atoms with Gasteiger partial charge < -0.3 is 5.11 Å². The van der Waals surface area contributed by atoms with Crippen LogP contribution in [0.5, 0.6) is 0 Å². The molecule has 66 valence electrons. The van der Waals surface area contributed by atoms with Crippen LogP contribution in [0.15, 0.2) is 0 Å². The van der Waals surface area contributed by atoms with Crippen LogP contribution >= 0.6 is 0 Å². The Bertz CT molecular complexity index is 133. The zero-order valence-electron chi connectivity index (χ0n) is 7.85. The number of hydrogen-bond acceptors (Lipinski definition) is 1. The molecule has 2 nitrogen and oxygen atoms in total. The number of hydrogen-bond donors (Lipinski definition) is 1. The summed E-state index contributed by atoms with van der Waals surface area (Å²) in [5.74, 6) is -0.408. The van der Waals surface area contributed by atoms with Gasteiger partial charge >= 0.3 is 5.97 Å². The highest BCUT2D eigenvalue weighted by atomic mass is 16.4. The minimum Gasteiger partial charge on any atom is -0.481 e. The second-order valence-electron chi connectivity index (χ2n) is 4.47. The molecular weight excluding hydrogens is 140 g/mol. The molecular formula is C9H18O2. The van der Waals surface area contributed by atoms with Crippen LogP contribution in [-0.4, -0.2) is 11.1 Å². The summed E-state index contributed by atoms with van der Waals surface area (Å²) in [7, 11) is 0. The van der Waals surface area contributed by atoms with Crippen molar-refractivity contribution in [3.8, 4) is 0 Å². The van der Waals surface area contributed by atoms with Gasteiger partial charge in [-0.05, 0) is 17.8 Å². The second-order valence-corrected chi connectivity index (χ2v) is 4.47. The van der Waals surface area contributed by atoms with Crippen LogP contribution in [0.3, 0.4) is 0 Å². The number of carboxylic acids is 1. The summed E-state index contributed by atoms with van der Waals surface area (Å²) in [6.45, 7) is 8.38. The molecule has 0 aliphatic rings. The highest BCUT2D eigenvalue weighted by molar-refractivity contribution is 5.66. The van der Waals surface area contributed by atoms with E-state index in [9.17, 15) is 4.79 Å². The van der Waals surface area contributed by atoms with E-state index in [4.69, 9.17) is 5.11 Å². The summed E-state index contributed by atoms with van der Waals surface area (Å²) >= 11 is 0. The maximum Gasteiger partial charge on any atom is 0.303 e. The normalized spacial score (nSPS) is 14.5. The van der Waals surface area contributed by atoms with Crippen LogP contribution in [0, 0.1) is 11.3 Å². The van der Waals surface area contributed by atoms with Crippen molar-refractivity contribution in [2.75, 3.05) is 0 Å². The minimum absolute atomic E-state index is 0.245. The van der Waals surface area contributed by atoms with Crippen molar-refractivity contribution in [3.05, 3.63) is 0 Å². The number of carbonyl (C=O) groups is 1. The predicted octanol–water partition coefficient (Wildman–Crippen LogP) is 2.53. The Morgan fingerprint density at radius 1 is 1.45 bits per heavy atom. The number of carboxylic acid groups (broad SMARTS) is 1. The van der Waals surface area contributed by atoms with Gasteiger partial charge in [-0.3, -0.25) is 4.79 Å². The molecule has 1 N–H and O–H groups in total. The third-order valence-corrected chi connectivity index (χ3v) is 1.48. The fourth-order valence-corrected chi connectivity index (χ4v) is 1.42. The van der Waals surface area contributed by atoms with Crippen molar-refractivity contribution in [1.82, 2.24) is 0 Å². The largest absolute Gasteiger partial charge is 0.481 e. The van der Waals surface area contributed by atoms with Gasteiger partial charge in [0.25, 0.3) is 0 Å². The lowest BCUT2D eigenvalue weighted by Gasteiger charge is -2.21. The first-order valence-electron chi connectivity index (χ1n) is 4.03. The fraction of sp³-hybridized carbons (Fsp3) is 0.889. The Morgan fingerprint density at radius 3 is 2.18 bits per heavy atom. The summed E-state index contributed by atoms with van der Waals surface area (Å²) in [4.78, 5) is 10.3. The number of aliphatic carboxylic acids is 1. The fourth-order valence-electron chi connectivity index (χ4n) is 1.42. The SMILES string of the molecule is C[C@@H](CC(=O)O)CC(C)(C)C. The average Bonchev–Trinajstić information content (AvgIpc) is 1.53. The lowest BCUT2D eigenvalue weighted by Crippen LogP contribution is -2.13. The monoisotopic (exact) mass is 158 g/mol. The summed E-state index contributed by atoms with van der Waals surface area (Å²) in [5, 5.41) is 8.48. The van der Waals surface area contributed by atoms with Crippen LogP contribution in [0.2, 0.25) is 0 Å². The molecule has 0 bridgehead atoms. The first kappa shape index (κ1) is 10.5. The lowest BCUT2D eigenvalue weighted by molar-refractivity contribution is -0.138. The molecule has 0 saturated carbocycles. The van der Waals surface area contributed by atoms with Crippen molar-refractivity contribution < 1.29 is 9.90 Å². The van der Waals surface area contributed by atoms with Crippen molar-refractivity contribution in [3.63, 3.8) is 0 Å². The quantitative estimate of drug-likeness (QED) is 0.685. The zero-order valence-corrected chi connectivity index (χ0v) is 7.85. The Labute approximate surface area is 68.6 Å². The summed E-state index contributed by atoms with van der Waals surface area (Å²) in [5.41, 5.74) is 0.245. The van der Waals surface area contributed by atoms with E-state index in [0.29, 0.717) is 0 Å². The second kappa shape index (κ2) is 3.74. The molecule has 1 atom stereocenters. The molecule has 0 aliphatic heterocycles. The maximum atomic E-state index is 10.3.